The Kier molecular flexibility index (Phi) is 3.31. The van der Waals surface area contributed by atoms with Crippen LogP contribution in [0.2, 0.25) is 0 Å². The molecule has 4 heterocycles. The fraction of sp³-hybridized carbons (Fsp3) is 0.188. The maximum Gasteiger partial charge on any atom is 0.145 e. The van der Waals surface area contributed by atoms with E-state index < -0.39 is 0 Å². The van der Waals surface area contributed by atoms with Crippen LogP contribution in [0.25, 0.3) is 15.9 Å². The van der Waals surface area contributed by atoms with E-state index in [-0.39, 0.29) is 0 Å². The first-order chi connectivity index (χ1) is 10.8. The molecule has 22 heavy (non-hydrogen) atoms. The van der Waals surface area contributed by atoms with Gasteiger partial charge in [-0.25, -0.2) is 9.97 Å². The van der Waals surface area contributed by atoms with Gasteiger partial charge in [-0.05, 0) is 18.6 Å². The molecular weight excluding hydrogens is 294 g/mol. The van der Waals surface area contributed by atoms with Crippen molar-refractivity contribution in [3.63, 3.8) is 0 Å². The lowest BCUT2D eigenvalue weighted by atomic mass is 10.2. The molecule has 0 atom stereocenters. The van der Waals surface area contributed by atoms with E-state index in [1.165, 1.54) is 10.5 Å². The molecule has 110 valence electrons. The number of anilines is 1. The van der Waals surface area contributed by atoms with Gasteiger partial charge in [0.15, 0.2) is 0 Å². The minimum Gasteiger partial charge on any atom is -0.346 e. The number of H-pyrrole nitrogens is 1. The molecule has 0 saturated heterocycles. The molecule has 0 aromatic carbocycles. The molecule has 0 fully saturated rings. The molecule has 0 aliphatic carbocycles. The van der Waals surface area contributed by atoms with Crippen molar-refractivity contribution in [3.8, 4) is 0 Å². The summed E-state index contributed by atoms with van der Waals surface area (Å²) in [6.07, 6.45) is 9.46. The Bertz CT molecular complexity index is 840. The van der Waals surface area contributed by atoms with Crippen molar-refractivity contribution in [3.05, 3.63) is 54.4 Å². The van der Waals surface area contributed by atoms with Gasteiger partial charge in [-0.1, -0.05) is 6.07 Å². The van der Waals surface area contributed by atoms with Crippen molar-refractivity contribution in [2.45, 2.75) is 6.92 Å². The average Bonchev–Trinajstić information content (AvgIpc) is 2.97. The number of nitrogens with one attached hydrogen (secondary N) is 1. The second-order valence-electron chi connectivity index (χ2n) is 5.17. The molecule has 0 unspecified atom stereocenters. The van der Waals surface area contributed by atoms with Gasteiger partial charge in [-0.3, -0.25) is 4.98 Å². The van der Waals surface area contributed by atoms with Crippen LogP contribution in [0.15, 0.2) is 43.3 Å². The number of thioether (sulfide) groups is 1. The molecule has 1 aliphatic heterocycles. The molecule has 0 radical (unpaired) electrons. The minimum absolute atomic E-state index is 0.886. The smallest absolute Gasteiger partial charge is 0.145 e. The topological polar surface area (TPSA) is 57.7 Å². The van der Waals surface area contributed by atoms with Crippen LogP contribution in [0.3, 0.4) is 0 Å². The standard InChI is InChI=1S/C16H15N5S/c1-11-7-18-15-14(11)16(20-10-19-15)21-5-6-22-13(9-21)12-3-2-4-17-8-12/h2-4,7-10H,5-6H2,1H3,(H,18,19,20). The van der Waals surface area contributed by atoms with E-state index >= 15 is 0 Å². The van der Waals surface area contributed by atoms with Gasteiger partial charge in [-0.15, -0.1) is 11.8 Å². The number of aryl methyl sites for hydroxylation is 1. The lowest BCUT2D eigenvalue weighted by Gasteiger charge is -2.26. The quantitative estimate of drug-likeness (QED) is 0.787. The summed E-state index contributed by atoms with van der Waals surface area (Å²) in [6.45, 7) is 3.02. The predicted molar refractivity (Wildman–Crippen MR) is 90.6 cm³/mol. The molecule has 0 amide bonds. The van der Waals surface area contributed by atoms with Gasteiger partial charge in [0.25, 0.3) is 0 Å². The second-order valence-corrected chi connectivity index (χ2v) is 6.31. The van der Waals surface area contributed by atoms with Crippen LogP contribution in [0.4, 0.5) is 5.82 Å². The molecule has 1 N–H and O–H groups in total. The molecule has 0 bridgehead atoms. The first kappa shape index (κ1) is 13.3. The van der Waals surface area contributed by atoms with Crippen LogP contribution in [-0.4, -0.2) is 32.2 Å². The van der Waals surface area contributed by atoms with Crippen LogP contribution >= 0.6 is 11.8 Å². The number of pyridine rings is 1. The summed E-state index contributed by atoms with van der Waals surface area (Å²) in [6, 6.07) is 4.06. The maximum atomic E-state index is 4.52. The van der Waals surface area contributed by atoms with Gasteiger partial charge in [0.2, 0.25) is 0 Å². The molecule has 1 aliphatic rings. The Morgan fingerprint density at radius 2 is 2.27 bits per heavy atom. The maximum absolute atomic E-state index is 4.52. The summed E-state index contributed by atoms with van der Waals surface area (Å²) in [5, 5.41) is 1.09. The Morgan fingerprint density at radius 3 is 3.14 bits per heavy atom. The monoisotopic (exact) mass is 309 g/mol. The van der Waals surface area contributed by atoms with Gasteiger partial charge in [0.05, 0.1) is 5.39 Å². The van der Waals surface area contributed by atoms with Gasteiger partial charge >= 0.3 is 0 Å². The molecule has 3 aromatic rings. The van der Waals surface area contributed by atoms with E-state index in [9.17, 15) is 0 Å². The predicted octanol–water partition coefficient (Wildman–Crippen LogP) is 3.21. The third-order valence-corrected chi connectivity index (χ3v) is 4.77. The Labute approximate surface area is 132 Å². The molecule has 0 spiro atoms. The highest BCUT2D eigenvalue weighted by atomic mass is 32.2. The summed E-state index contributed by atoms with van der Waals surface area (Å²) in [5.41, 5.74) is 3.20. The van der Waals surface area contributed by atoms with E-state index in [1.54, 1.807) is 12.5 Å². The summed E-state index contributed by atoms with van der Waals surface area (Å²) in [4.78, 5) is 19.7. The zero-order valence-corrected chi connectivity index (χ0v) is 13.0. The highest BCUT2D eigenvalue weighted by Crippen LogP contribution is 2.34. The molecule has 6 heteroatoms. The number of hydrogen-bond donors (Lipinski definition) is 1. The number of aromatic amines is 1. The molecule has 4 rings (SSSR count). The van der Waals surface area contributed by atoms with Crippen molar-refractivity contribution in [1.29, 1.82) is 0 Å². The fourth-order valence-corrected chi connectivity index (χ4v) is 3.64. The Hall–Kier alpha value is -2.34. The van der Waals surface area contributed by atoms with Crippen LogP contribution in [0.1, 0.15) is 11.1 Å². The normalized spacial score (nSPS) is 15.1. The van der Waals surface area contributed by atoms with Crippen LogP contribution in [0.5, 0.6) is 0 Å². The zero-order chi connectivity index (χ0) is 14.9. The van der Waals surface area contributed by atoms with Crippen LogP contribution < -0.4 is 4.90 Å². The zero-order valence-electron chi connectivity index (χ0n) is 12.2. The second kappa shape index (κ2) is 5.46. The van der Waals surface area contributed by atoms with E-state index in [4.69, 9.17) is 0 Å². The lowest BCUT2D eigenvalue weighted by Crippen LogP contribution is -2.24. The van der Waals surface area contributed by atoms with Crippen molar-refractivity contribution in [2.75, 3.05) is 17.2 Å². The van der Waals surface area contributed by atoms with Gasteiger partial charge in [0, 0.05) is 47.6 Å². The molecule has 3 aromatic heterocycles. The Morgan fingerprint density at radius 1 is 1.32 bits per heavy atom. The number of hydrogen-bond acceptors (Lipinski definition) is 5. The highest BCUT2D eigenvalue weighted by molar-refractivity contribution is 8.08. The SMILES string of the molecule is Cc1c[nH]c2ncnc(N3C=C(c4cccnc4)SCC3)c12. The van der Waals surface area contributed by atoms with Crippen molar-refractivity contribution >= 4 is 33.5 Å². The first-order valence-electron chi connectivity index (χ1n) is 7.13. The highest BCUT2D eigenvalue weighted by Gasteiger charge is 2.18. The van der Waals surface area contributed by atoms with Crippen molar-refractivity contribution in [2.24, 2.45) is 0 Å². The summed E-state index contributed by atoms with van der Waals surface area (Å²) in [7, 11) is 0. The van der Waals surface area contributed by atoms with E-state index in [0.717, 1.165) is 34.7 Å². The fourth-order valence-electron chi connectivity index (χ4n) is 2.65. The van der Waals surface area contributed by atoms with Gasteiger partial charge in [0.1, 0.15) is 17.8 Å². The average molecular weight is 309 g/mol. The number of fused-ring (bicyclic) bond motifs is 1. The van der Waals surface area contributed by atoms with Crippen LogP contribution in [-0.2, 0) is 0 Å². The van der Waals surface area contributed by atoms with Gasteiger partial charge < -0.3 is 9.88 Å². The minimum atomic E-state index is 0.886. The van der Waals surface area contributed by atoms with Crippen molar-refractivity contribution in [1.82, 2.24) is 19.9 Å². The third-order valence-electron chi connectivity index (χ3n) is 3.73. The van der Waals surface area contributed by atoms with Gasteiger partial charge in [-0.2, -0.15) is 0 Å². The summed E-state index contributed by atoms with van der Waals surface area (Å²) in [5.74, 6) is 1.99. The largest absolute Gasteiger partial charge is 0.346 e. The number of nitrogens with zero attached hydrogens (tertiary/aromatic N) is 4. The third kappa shape index (κ3) is 2.25. The molecular formula is C16H15N5S. The number of rotatable bonds is 2. The Balaban J connectivity index is 1.80. The van der Waals surface area contributed by atoms with E-state index in [1.807, 2.05) is 30.2 Å². The lowest BCUT2D eigenvalue weighted by molar-refractivity contribution is 0.987. The van der Waals surface area contributed by atoms with Crippen molar-refractivity contribution < 1.29 is 0 Å². The molecule has 0 saturated carbocycles. The summed E-state index contributed by atoms with van der Waals surface area (Å²) < 4.78 is 0. The van der Waals surface area contributed by atoms with Crippen LogP contribution in [0, 0.1) is 6.92 Å². The van der Waals surface area contributed by atoms with E-state index in [2.05, 4.69) is 44.0 Å². The first-order valence-corrected chi connectivity index (χ1v) is 8.12. The summed E-state index contributed by atoms with van der Waals surface area (Å²) >= 11 is 1.85. The number of aromatic nitrogens is 4. The van der Waals surface area contributed by atoms with E-state index in [0.29, 0.717) is 0 Å². The molecule has 5 nitrogen and oxygen atoms in total.